The zero-order valence-electron chi connectivity index (χ0n) is 66.2. The Labute approximate surface area is 710 Å². The third-order valence-corrected chi connectivity index (χ3v) is 30.6. The van der Waals surface area contributed by atoms with Crippen LogP contribution in [0.3, 0.4) is 0 Å². The van der Waals surface area contributed by atoms with E-state index in [4.69, 9.17) is 29.4 Å². The van der Waals surface area contributed by atoms with Crippen LogP contribution in [0.1, 0.15) is 44.6 Å². The zero-order chi connectivity index (χ0) is 80.4. The highest BCUT2D eigenvalue weighted by atomic mass is 32.1. The van der Waals surface area contributed by atoms with Crippen LogP contribution in [0.2, 0.25) is 0 Å². The molecule has 0 N–H and O–H groups in total. The molecule has 2 aliphatic heterocycles. The van der Waals surface area contributed by atoms with Crippen molar-refractivity contribution in [2.75, 3.05) is 13.3 Å². The van der Waals surface area contributed by atoms with Crippen LogP contribution in [0.4, 0.5) is 0 Å². The first kappa shape index (κ1) is 69.6. The van der Waals surface area contributed by atoms with Crippen molar-refractivity contribution >= 4 is 124 Å². The lowest BCUT2D eigenvalue weighted by molar-refractivity contribution is 0.142. The molecule has 4 aromatic heterocycles. The smallest absolute Gasteiger partial charge is 0.161 e. The molecule has 0 bridgehead atoms. The van der Waals surface area contributed by atoms with Crippen LogP contribution in [0.25, 0.3) is 179 Å². The summed E-state index contributed by atoms with van der Waals surface area (Å²) >= 11 is 3.51. The Bertz CT molecular complexity index is 8150. The topological polar surface area (TPSA) is 87.1 Å². The van der Waals surface area contributed by atoms with Gasteiger partial charge in [-0.05, 0) is 201 Å². The highest BCUT2D eigenvalue weighted by Gasteiger charge is 2.57. The lowest BCUT2D eigenvalue weighted by Crippen LogP contribution is -2.48. The van der Waals surface area contributed by atoms with E-state index >= 15 is 0 Å². The van der Waals surface area contributed by atoms with E-state index in [0.29, 0.717) is 11.6 Å². The van der Waals surface area contributed by atoms with Crippen molar-refractivity contribution in [2.24, 2.45) is 5.92 Å². The molecule has 0 fully saturated rings. The van der Waals surface area contributed by atoms with Crippen LogP contribution >= 0.6 is 29.8 Å². The molecule has 26 rings (SSSR count). The number of allylic oxidation sites excluding steroid dienone is 2. The lowest BCUT2D eigenvalue weighted by Gasteiger charge is -2.48. The van der Waals surface area contributed by atoms with Gasteiger partial charge in [0, 0.05) is 64.8 Å². The molecule has 0 amide bonds. The fraction of sp³-hybridized carbons (Fsp3) is 0.0536. The molecule has 572 valence electrons. The van der Waals surface area contributed by atoms with Gasteiger partial charge in [0.2, 0.25) is 0 Å². The summed E-state index contributed by atoms with van der Waals surface area (Å²) in [7, 11) is -2.58. The van der Waals surface area contributed by atoms with Crippen molar-refractivity contribution in [3.8, 4) is 107 Å². The summed E-state index contributed by atoms with van der Waals surface area (Å²) in [6.07, 6.45) is 6.69. The van der Waals surface area contributed by atoms with Gasteiger partial charge in [-0.1, -0.05) is 309 Å². The largest absolute Gasteiger partial charge is 0.485 e. The molecule has 21 aromatic rings. The number of fused-ring (bicyclic) bond motifs is 28. The van der Waals surface area contributed by atoms with Crippen LogP contribution in [0.15, 0.2) is 370 Å². The van der Waals surface area contributed by atoms with Gasteiger partial charge in [0.15, 0.2) is 11.6 Å². The Hall–Kier alpha value is -14.3. The monoisotopic (exact) mass is 1610 g/mol. The van der Waals surface area contributed by atoms with Crippen molar-refractivity contribution in [3.05, 3.63) is 415 Å². The summed E-state index contributed by atoms with van der Waals surface area (Å²) in [5, 5.41) is 11.6. The van der Waals surface area contributed by atoms with Gasteiger partial charge in [0.05, 0.1) is 42.7 Å². The van der Waals surface area contributed by atoms with Gasteiger partial charge in [-0.25, -0.2) is 19.9 Å². The Balaban J connectivity index is 0.618. The minimum Gasteiger partial charge on any atom is -0.485 e. The lowest BCUT2D eigenvalue weighted by atomic mass is 9.59. The van der Waals surface area contributed by atoms with Crippen LogP contribution in [0.5, 0.6) is 17.2 Å². The molecular weight excluding hydrogens is 1540 g/mol. The first-order chi connectivity index (χ1) is 60.1. The molecule has 5 aliphatic rings. The molecule has 2 unspecified atom stereocenters. The van der Waals surface area contributed by atoms with Gasteiger partial charge in [-0.2, -0.15) is 0 Å². The Morgan fingerprint density at radius 1 is 0.328 bits per heavy atom. The van der Waals surface area contributed by atoms with E-state index in [-0.39, 0.29) is 12.0 Å². The number of para-hydroxylation sites is 1. The molecule has 6 heterocycles. The van der Waals surface area contributed by atoms with Gasteiger partial charge in [-0.15, -0.1) is 22.7 Å². The minimum absolute atomic E-state index is 0.220. The van der Waals surface area contributed by atoms with E-state index in [0.717, 1.165) is 190 Å². The standard InChI is InChI=1S/C112H69N4O3PS2/c1-120(2,117)70-30-26-29-67(60-70)100-77-37-5-9-41-81(77)102(82-42-10-6-38-78(82)100)110-114-104(108-106(116-110)84-44-16-24-52-98(84)122-108)69-55-58-95-92(62-69)112(87-47-19-13-33-73(87)74-34-14-20-48-88(74)112)90-56-53-65(63-96(90)119-95)64-27-25-28-66(59-64)99-75-35-3-7-39-79(75)101(80-40-8-4-36-76(80)99)109-113-103(107-105(115-109)83-43-15-23-51-97(83)121-107)68-54-57-94-91(61-68)111(89-49-21-22-50-93(89)118-94)85-45-17-11-31-71(85)72-32-12-18-46-86(72)111/h3-63,92,95H,1-2H3. The van der Waals surface area contributed by atoms with Gasteiger partial charge in [0.1, 0.15) is 30.5 Å². The van der Waals surface area contributed by atoms with E-state index < -0.39 is 18.0 Å². The van der Waals surface area contributed by atoms with Crippen LogP contribution in [-0.4, -0.2) is 39.4 Å². The Morgan fingerprint density at radius 2 is 0.754 bits per heavy atom. The second-order valence-electron chi connectivity index (χ2n) is 33.4. The average Bonchev–Trinajstić information content (AvgIpc) is 1.51. The van der Waals surface area contributed by atoms with E-state index in [9.17, 15) is 4.57 Å². The zero-order valence-corrected chi connectivity index (χ0v) is 68.7. The molecule has 2 atom stereocenters. The predicted octanol–water partition coefficient (Wildman–Crippen LogP) is 28.7. The number of aromatic nitrogens is 4. The fourth-order valence-electron chi connectivity index (χ4n) is 21.7. The molecule has 122 heavy (non-hydrogen) atoms. The summed E-state index contributed by atoms with van der Waals surface area (Å²) < 4.78 is 32.8. The van der Waals surface area contributed by atoms with Gasteiger partial charge >= 0.3 is 0 Å². The molecule has 0 radical (unpaired) electrons. The van der Waals surface area contributed by atoms with Crippen molar-refractivity contribution in [1.29, 1.82) is 0 Å². The molecule has 17 aromatic carbocycles. The number of rotatable bonds is 8. The second-order valence-corrected chi connectivity index (χ2v) is 38.7. The number of benzene rings is 17. The molecular formula is C112H69N4O3PS2. The van der Waals surface area contributed by atoms with E-state index in [2.05, 4.69) is 358 Å². The second kappa shape index (κ2) is 26.1. The number of ether oxygens (including phenoxy) is 2. The maximum Gasteiger partial charge on any atom is 0.161 e. The fourth-order valence-corrected chi connectivity index (χ4v) is 24.9. The molecule has 3 aliphatic carbocycles. The molecule has 0 saturated heterocycles. The van der Waals surface area contributed by atoms with Crippen LogP contribution < -0.4 is 14.8 Å². The maximum absolute atomic E-state index is 13.7. The predicted molar refractivity (Wildman–Crippen MR) is 506 cm³/mol. The maximum atomic E-state index is 13.7. The van der Waals surface area contributed by atoms with E-state index in [1.165, 1.54) is 44.5 Å². The van der Waals surface area contributed by atoms with Gasteiger partial charge < -0.3 is 14.0 Å². The van der Waals surface area contributed by atoms with E-state index in [1.807, 2.05) is 25.5 Å². The van der Waals surface area contributed by atoms with Crippen molar-refractivity contribution < 1.29 is 14.0 Å². The summed E-state index contributed by atoms with van der Waals surface area (Å²) in [6.45, 7) is 3.70. The summed E-state index contributed by atoms with van der Waals surface area (Å²) in [6, 6.07) is 128. The van der Waals surface area contributed by atoms with Crippen LogP contribution in [-0.2, 0) is 15.4 Å². The van der Waals surface area contributed by atoms with Crippen LogP contribution in [0, 0.1) is 5.92 Å². The van der Waals surface area contributed by atoms with E-state index in [1.54, 1.807) is 22.7 Å². The van der Waals surface area contributed by atoms with Crippen molar-refractivity contribution in [3.63, 3.8) is 0 Å². The van der Waals surface area contributed by atoms with Crippen molar-refractivity contribution in [2.45, 2.75) is 16.9 Å². The molecule has 0 saturated carbocycles. The number of hydrogen-bond donors (Lipinski definition) is 0. The number of thiophene rings is 2. The SMILES string of the molecule is CP(C)(=O)c1cccc(-c2c3ccccc3c(-c3nc(C4=CC5C(C=C4)Oc4cc(-c6cccc(-c7c8ccccc8c(-c8nc(-c9ccc%10c(c9)C9(c%11ccccc%11O%10)c%10ccccc%10-c%10ccccc%109)c9sc%10ccccc%10c9n8)c8ccccc78)c6)ccc4C54c5ccccc5-c5ccccc54)c4sc5ccccc5c4n3)c3ccccc23)c1. The Morgan fingerprint density at radius 3 is 1.31 bits per heavy atom. The minimum atomic E-state index is -2.58. The first-order valence-electron chi connectivity index (χ1n) is 41.7. The van der Waals surface area contributed by atoms with Gasteiger partial charge in [0.25, 0.3) is 0 Å². The number of nitrogens with zero attached hydrogens (tertiary/aromatic N) is 4. The highest BCUT2D eigenvalue weighted by Crippen LogP contribution is 2.66. The summed E-state index contributed by atoms with van der Waals surface area (Å²) in [4.78, 5) is 23.3. The summed E-state index contributed by atoms with van der Waals surface area (Å²) in [5.74, 6) is 3.64. The molecule has 7 nitrogen and oxygen atoms in total. The quantitative estimate of drug-likeness (QED) is 0.111. The summed E-state index contributed by atoms with van der Waals surface area (Å²) in [5.41, 5.74) is 25.9. The third-order valence-electron chi connectivity index (χ3n) is 26.7. The number of hydrogen-bond acceptors (Lipinski definition) is 9. The Kier molecular flexibility index (Phi) is 14.9. The molecule has 10 heteroatoms. The molecule has 2 spiro atoms. The highest BCUT2D eigenvalue weighted by molar-refractivity contribution is 7.70. The van der Waals surface area contributed by atoms with Gasteiger partial charge in [-0.3, -0.25) is 0 Å². The first-order valence-corrected chi connectivity index (χ1v) is 45.9. The van der Waals surface area contributed by atoms with Crippen molar-refractivity contribution in [1.82, 2.24) is 19.9 Å². The average molecular weight is 1610 g/mol. The normalized spacial score (nSPS) is 15.4. The third kappa shape index (κ3) is 9.81.